The molecule has 2 aliphatic rings. The first-order valence-corrected chi connectivity index (χ1v) is 9.15. The van der Waals surface area contributed by atoms with Crippen molar-refractivity contribution >= 4 is 5.91 Å². The Morgan fingerprint density at radius 3 is 2.77 bits per heavy atom. The molecule has 4 rings (SSSR count). The minimum atomic E-state index is -0.143. The molecule has 2 atom stereocenters. The Morgan fingerprint density at radius 2 is 1.92 bits per heavy atom. The van der Waals surface area contributed by atoms with E-state index in [1.807, 2.05) is 47.4 Å². The Hall–Kier alpha value is -2.53. The molecule has 0 aliphatic carbocycles. The zero-order valence-electron chi connectivity index (χ0n) is 15.0. The van der Waals surface area contributed by atoms with Gasteiger partial charge in [0, 0.05) is 30.8 Å². The molecule has 1 saturated heterocycles. The van der Waals surface area contributed by atoms with Crippen LogP contribution in [-0.4, -0.2) is 44.2 Å². The summed E-state index contributed by atoms with van der Waals surface area (Å²) in [6.07, 6.45) is 0.721. The topological polar surface area (TPSA) is 50.8 Å². The number of carbonyl (C=O) groups is 1. The van der Waals surface area contributed by atoms with Crippen LogP contribution in [0.5, 0.6) is 11.5 Å². The number of piperazine rings is 1. The van der Waals surface area contributed by atoms with Gasteiger partial charge in [0.2, 0.25) is 5.91 Å². The van der Waals surface area contributed by atoms with Crippen LogP contribution in [-0.2, 0) is 4.79 Å². The van der Waals surface area contributed by atoms with Crippen molar-refractivity contribution in [2.75, 3.05) is 33.4 Å². The first-order chi connectivity index (χ1) is 12.8. The summed E-state index contributed by atoms with van der Waals surface area (Å²) >= 11 is 0. The van der Waals surface area contributed by atoms with Gasteiger partial charge in [-0.2, -0.15) is 0 Å². The van der Waals surface area contributed by atoms with Crippen LogP contribution in [0.1, 0.15) is 29.5 Å². The van der Waals surface area contributed by atoms with Gasteiger partial charge < -0.3 is 19.7 Å². The van der Waals surface area contributed by atoms with Crippen molar-refractivity contribution in [3.05, 3.63) is 59.7 Å². The molecule has 0 saturated carbocycles. The van der Waals surface area contributed by atoms with Crippen molar-refractivity contribution in [1.29, 1.82) is 0 Å². The quantitative estimate of drug-likeness (QED) is 0.923. The lowest BCUT2D eigenvalue weighted by atomic mass is 9.90. The smallest absolute Gasteiger partial charge is 0.230 e. The van der Waals surface area contributed by atoms with E-state index in [-0.39, 0.29) is 17.9 Å². The Bertz CT molecular complexity index is 792. The third-order valence-electron chi connectivity index (χ3n) is 5.28. The fourth-order valence-electron chi connectivity index (χ4n) is 3.99. The molecule has 0 bridgehead atoms. The number of nitrogens with zero attached hydrogens (tertiary/aromatic N) is 1. The first kappa shape index (κ1) is 16.9. The highest BCUT2D eigenvalue weighted by Gasteiger charge is 2.36. The molecule has 2 unspecified atom stereocenters. The summed E-state index contributed by atoms with van der Waals surface area (Å²) in [5.41, 5.74) is 2.05. The predicted octanol–water partition coefficient (Wildman–Crippen LogP) is 2.73. The zero-order valence-corrected chi connectivity index (χ0v) is 15.0. The summed E-state index contributed by atoms with van der Waals surface area (Å²) < 4.78 is 11.3. The van der Waals surface area contributed by atoms with Crippen LogP contribution in [0.15, 0.2) is 48.5 Å². The number of ether oxygens (including phenoxy) is 2. The van der Waals surface area contributed by atoms with Gasteiger partial charge in [-0.15, -0.1) is 0 Å². The first-order valence-electron chi connectivity index (χ1n) is 9.15. The van der Waals surface area contributed by atoms with Gasteiger partial charge in [0.25, 0.3) is 0 Å². The second kappa shape index (κ2) is 7.38. The van der Waals surface area contributed by atoms with Gasteiger partial charge in [-0.1, -0.05) is 36.4 Å². The minimum Gasteiger partial charge on any atom is -0.496 e. The minimum absolute atomic E-state index is 0.0255. The molecule has 5 nitrogen and oxygen atoms in total. The predicted molar refractivity (Wildman–Crippen MR) is 99.6 cm³/mol. The summed E-state index contributed by atoms with van der Waals surface area (Å²) in [6.45, 7) is 2.82. The van der Waals surface area contributed by atoms with Gasteiger partial charge in [0.05, 0.1) is 25.7 Å². The molecular weight excluding hydrogens is 328 g/mol. The summed E-state index contributed by atoms with van der Waals surface area (Å²) in [5, 5.41) is 3.42. The van der Waals surface area contributed by atoms with Crippen molar-refractivity contribution in [2.24, 2.45) is 0 Å². The van der Waals surface area contributed by atoms with Crippen LogP contribution >= 0.6 is 0 Å². The number of nitrogens with one attached hydrogen (secondary N) is 1. The van der Waals surface area contributed by atoms with Crippen LogP contribution in [0.4, 0.5) is 0 Å². The third-order valence-corrected chi connectivity index (χ3v) is 5.28. The lowest BCUT2D eigenvalue weighted by Gasteiger charge is -2.40. The second-order valence-corrected chi connectivity index (χ2v) is 6.72. The molecule has 2 aliphatic heterocycles. The molecule has 0 spiro atoms. The molecule has 2 aromatic carbocycles. The average molecular weight is 352 g/mol. The lowest BCUT2D eigenvalue weighted by Crippen LogP contribution is -2.50. The van der Waals surface area contributed by atoms with Crippen molar-refractivity contribution < 1.29 is 14.3 Å². The molecular formula is C21H24N2O3. The molecule has 5 heteroatoms. The SMILES string of the molecule is COc1ccccc1C1CNCCN1C(=O)C1CCOc2ccccc21. The molecule has 0 radical (unpaired) electrons. The maximum atomic E-state index is 13.5. The highest BCUT2D eigenvalue weighted by molar-refractivity contribution is 5.85. The highest BCUT2D eigenvalue weighted by Crippen LogP contribution is 2.38. The maximum absolute atomic E-state index is 13.5. The molecule has 2 aromatic rings. The second-order valence-electron chi connectivity index (χ2n) is 6.72. The number of benzene rings is 2. The van der Waals surface area contributed by atoms with Gasteiger partial charge in [0.15, 0.2) is 0 Å². The maximum Gasteiger partial charge on any atom is 0.230 e. The Balaban J connectivity index is 1.66. The third kappa shape index (κ3) is 3.03. The van der Waals surface area contributed by atoms with E-state index in [9.17, 15) is 4.79 Å². The van der Waals surface area contributed by atoms with Gasteiger partial charge >= 0.3 is 0 Å². The van der Waals surface area contributed by atoms with Crippen molar-refractivity contribution in [1.82, 2.24) is 10.2 Å². The van der Waals surface area contributed by atoms with Gasteiger partial charge in [0.1, 0.15) is 11.5 Å². The number of rotatable bonds is 3. The van der Waals surface area contributed by atoms with E-state index < -0.39 is 0 Å². The van der Waals surface area contributed by atoms with Gasteiger partial charge in [-0.25, -0.2) is 0 Å². The molecule has 1 fully saturated rings. The lowest BCUT2D eigenvalue weighted by molar-refractivity contribution is -0.137. The van der Waals surface area contributed by atoms with E-state index in [1.54, 1.807) is 7.11 Å². The summed E-state index contributed by atoms with van der Waals surface area (Å²) in [5.74, 6) is 1.70. The van der Waals surface area contributed by atoms with Crippen LogP contribution in [0.2, 0.25) is 0 Å². The molecule has 2 heterocycles. The van der Waals surface area contributed by atoms with E-state index in [4.69, 9.17) is 9.47 Å². The number of fused-ring (bicyclic) bond motifs is 1. The van der Waals surface area contributed by atoms with E-state index in [0.717, 1.165) is 42.1 Å². The number of amides is 1. The monoisotopic (exact) mass is 352 g/mol. The van der Waals surface area contributed by atoms with E-state index in [1.165, 1.54) is 0 Å². The standard InChI is InChI=1S/C21H24N2O3/c1-25-19-8-4-3-7-17(19)18-14-22-11-12-23(18)21(24)16-10-13-26-20-9-5-2-6-15(16)20/h2-9,16,18,22H,10-14H2,1H3. The fourth-order valence-corrected chi connectivity index (χ4v) is 3.99. The van der Waals surface area contributed by atoms with Crippen molar-refractivity contribution in [3.8, 4) is 11.5 Å². The summed E-state index contributed by atoms with van der Waals surface area (Å²) in [7, 11) is 1.68. The van der Waals surface area contributed by atoms with E-state index in [0.29, 0.717) is 13.2 Å². The number of para-hydroxylation sites is 2. The van der Waals surface area contributed by atoms with Crippen LogP contribution in [0.3, 0.4) is 0 Å². The average Bonchev–Trinajstić information content (AvgIpc) is 2.73. The van der Waals surface area contributed by atoms with E-state index >= 15 is 0 Å². The fraction of sp³-hybridized carbons (Fsp3) is 0.381. The number of hydrogen-bond acceptors (Lipinski definition) is 4. The van der Waals surface area contributed by atoms with Crippen molar-refractivity contribution in [3.63, 3.8) is 0 Å². The van der Waals surface area contributed by atoms with Gasteiger partial charge in [-0.3, -0.25) is 4.79 Å². The number of methoxy groups -OCH3 is 1. The Morgan fingerprint density at radius 1 is 1.15 bits per heavy atom. The van der Waals surface area contributed by atoms with Crippen LogP contribution < -0.4 is 14.8 Å². The Kier molecular flexibility index (Phi) is 4.80. The molecule has 1 amide bonds. The number of hydrogen-bond donors (Lipinski definition) is 1. The van der Waals surface area contributed by atoms with Gasteiger partial charge in [-0.05, 0) is 18.6 Å². The summed E-state index contributed by atoms with van der Waals surface area (Å²) in [6, 6.07) is 15.8. The molecule has 1 N–H and O–H groups in total. The molecule has 136 valence electrons. The van der Waals surface area contributed by atoms with Crippen LogP contribution in [0, 0.1) is 0 Å². The highest BCUT2D eigenvalue weighted by atomic mass is 16.5. The van der Waals surface area contributed by atoms with E-state index in [2.05, 4.69) is 11.4 Å². The number of carbonyl (C=O) groups excluding carboxylic acids is 1. The normalized spacial score (nSPS) is 22.3. The van der Waals surface area contributed by atoms with Crippen molar-refractivity contribution in [2.45, 2.75) is 18.4 Å². The zero-order chi connectivity index (χ0) is 17.9. The largest absolute Gasteiger partial charge is 0.496 e. The molecule has 0 aromatic heterocycles. The van der Waals surface area contributed by atoms with Crippen LogP contribution in [0.25, 0.3) is 0 Å². The summed E-state index contributed by atoms with van der Waals surface area (Å²) in [4.78, 5) is 15.5. The molecule has 26 heavy (non-hydrogen) atoms. The Labute approximate surface area is 153 Å².